The minimum Gasteiger partial charge on any atom is -0.323 e. The highest BCUT2D eigenvalue weighted by molar-refractivity contribution is 9.10. The summed E-state index contributed by atoms with van der Waals surface area (Å²) in [6.45, 7) is 8.61. The maximum absolute atomic E-state index is 6.14. The Morgan fingerprint density at radius 3 is 2.31 bits per heavy atom. The Kier molecular flexibility index (Phi) is 3.20. The van der Waals surface area contributed by atoms with Gasteiger partial charge in [0.15, 0.2) is 0 Å². The molecule has 0 radical (unpaired) electrons. The number of hydrogen-bond donors (Lipinski definition) is 1. The monoisotopic (exact) mass is 261 g/mol. The Morgan fingerprint density at radius 2 is 2.00 bits per heavy atom. The first-order valence-electron chi connectivity index (χ1n) is 4.34. The summed E-state index contributed by atoms with van der Waals surface area (Å²) in [5.74, 6) is 0. The van der Waals surface area contributed by atoms with Crippen LogP contribution in [0.2, 0.25) is 0 Å². The standard InChI is InChI=1S/C10H16BrNS/c1-6-7(11)5-8(13-6)9(12)10(2,3)4/h5,9H,12H2,1-4H3. The fourth-order valence-electron chi connectivity index (χ4n) is 1.06. The lowest BCUT2D eigenvalue weighted by molar-refractivity contribution is 0.331. The number of nitrogens with two attached hydrogens (primary N) is 1. The molecule has 0 aliphatic rings. The number of thiophene rings is 1. The second-order valence-electron chi connectivity index (χ2n) is 4.40. The average molecular weight is 262 g/mol. The van der Waals surface area contributed by atoms with Gasteiger partial charge in [-0.1, -0.05) is 20.8 Å². The summed E-state index contributed by atoms with van der Waals surface area (Å²) in [5.41, 5.74) is 6.28. The van der Waals surface area contributed by atoms with Crippen LogP contribution < -0.4 is 5.73 Å². The lowest BCUT2D eigenvalue weighted by Gasteiger charge is -2.25. The number of aryl methyl sites for hydroxylation is 1. The SMILES string of the molecule is Cc1sc(C(N)C(C)(C)C)cc1Br. The van der Waals surface area contributed by atoms with Gasteiger partial charge in [-0.25, -0.2) is 0 Å². The van der Waals surface area contributed by atoms with Gasteiger partial charge in [0.1, 0.15) is 0 Å². The first-order valence-corrected chi connectivity index (χ1v) is 5.94. The summed E-state index contributed by atoms with van der Waals surface area (Å²) in [6, 6.07) is 2.26. The second-order valence-corrected chi connectivity index (χ2v) is 6.54. The van der Waals surface area contributed by atoms with Crippen molar-refractivity contribution in [2.24, 2.45) is 11.1 Å². The van der Waals surface area contributed by atoms with E-state index in [0.29, 0.717) is 0 Å². The van der Waals surface area contributed by atoms with Gasteiger partial charge in [-0.15, -0.1) is 11.3 Å². The molecule has 0 saturated carbocycles. The molecule has 0 aliphatic carbocycles. The van der Waals surface area contributed by atoms with E-state index in [2.05, 4.69) is 49.7 Å². The van der Waals surface area contributed by atoms with E-state index < -0.39 is 0 Å². The van der Waals surface area contributed by atoms with Gasteiger partial charge in [-0.2, -0.15) is 0 Å². The van der Waals surface area contributed by atoms with E-state index in [9.17, 15) is 0 Å². The summed E-state index contributed by atoms with van der Waals surface area (Å²) < 4.78 is 1.17. The molecule has 0 aromatic carbocycles. The molecule has 1 nitrogen and oxygen atoms in total. The Labute approximate surface area is 92.5 Å². The quantitative estimate of drug-likeness (QED) is 0.817. The highest BCUT2D eigenvalue weighted by atomic mass is 79.9. The van der Waals surface area contributed by atoms with Crippen molar-refractivity contribution in [1.82, 2.24) is 0 Å². The lowest BCUT2D eigenvalue weighted by atomic mass is 9.87. The van der Waals surface area contributed by atoms with E-state index in [1.807, 2.05) is 0 Å². The summed E-state index contributed by atoms with van der Waals surface area (Å²) in [6.07, 6.45) is 0. The Bertz CT molecular complexity index is 279. The van der Waals surface area contributed by atoms with Crippen molar-refractivity contribution in [3.8, 4) is 0 Å². The van der Waals surface area contributed by atoms with Crippen molar-refractivity contribution >= 4 is 27.3 Å². The van der Waals surface area contributed by atoms with E-state index in [0.717, 1.165) is 0 Å². The van der Waals surface area contributed by atoms with Gasteiger partial charge in [0.05, 0.1) is 0 Å². The smallest absolute Gasteiger partial charge is 0.0439 e. The Morgan fingerprint density at radius 1 is 1.46 bits per heavy atom. The van der Waals surface area contributed by atoms with Gasteiger partial charge < -0.3 is 5.73 Å². The molecule has 2 N–H and O–H groups in total. The minimum atomic E-state index is 0.127. The topological polar surface area (TPSA) is 26.0 Å². The fraction of sp³-hybridized carbons (Fsp3) is 0.600. The molecular weight excluding hydrogens is 246 g/mol. The van der Waals surface area contributed by atoms with E-state index in [1.165, 1.54) is 14.2 Å². The van der Waals surface area contributed by atoms with Crippen LogP contribution in [0.5, 0.6) is 0 Å². The maximum Gasteiger partial charge on any atom is 0.0439 e. The van der Waals surface area contributed by atoms with Crippen LogP contribution >= 0.6 is 27.3 Å². The highest BCUT2D eigenvalue weighted by Gasteiger charge is 2.24. The molecule has 0 spiro atoms. The third-order valence-electron chi connectivity index (χ3n) is 2.12. The van der Waals surface area contributed by atoms with Gasteiger partial charge in [-0.3, -0.25) is 0 Å². The molecule has 13 heavy (non-hydrogen) atoms. The molecule has 3 heteroatoms. The number of rotatable bonds is 1. The molecule has 1 aromatic rings. The van der Waals surface area contributed by atoms with E-state index in [4.69, 9.17) is 5.73 Å². The summed E-state index contributed by atoms with van der Waals surface area (Å²) in [4.78, 5) is 2.56. The molecule has 0 bridgehead atoms. The summed E-state index contributed by atoms with van der Waals surface area (Å²) >= 11 is 5.28. The van der Waals surface area contributed by atoms with Crippen molar-refractivity contribution in [2.75, 3.05) is 0 Å². The number of hydrogen-bond acceptors (Lipinski definition) is 2. The Balaban J connectivity index is 2.96. The van der Waals surface area contributed by atoms with Crippen LogP contribution in [0.3, 0.4) is 0 Å². The highest BCUT2D eigenvalue weighted by Crippen LogP contribution is 2.37. The molecule has 1 aromatic heterocycles. The van der Waals surface area contributed by atoms with Crippen LogP contribution in [0.15, 0.2) is 10.5 Å². The Hall–Kier alpha value is 0.140. The van der Waals surface area contributed by atoms with Crippen LogP contribution in [0.1, 0.15) is 36.6 Å². The number of halogens is 1. The van der Waals surface area contributed by atoms with Gasteiger partial charge in [0.2, 0.25) is 0 Å². The molecule has 0 amide bonds. The summed E-state index contributed by atoms with van der Waals surface area (Å²) in [5, 5.41) is 0. The van der Waals surface area contributed by atoms with Crippen LogP contribution in [0.25, 0.3) is 0 Å². The molecule has 74 valence electrons. The predicted octanol–water partition coefficient (Wildman–Crippen LogP) is 3.86. The maximum atomic E-state index is 6.14. The first kappa shape index (κ1) is 11.2. The van der Waals surface area contributed by atoms with Crippen molar-refractivity contribution in [3.05, 3.63) is 20.3 Å². The van der Waals surface area contributed by atoms with Crippen molar-refractivity contribution < 1.29 is 0 Å². The predicted molar refractivity (Wildman–Crippen MR) is 63.1 cm³/mol. The van der Waals surface area contributed by atoms with Crippen molar-refractivity contribution in [3.63, 3.8) is 0 Å². The summed E-state index contributed by atoms with van der Waals surface area (Å²) in [7, 11) is 0. The molecule has 1 unspecified atom stereocenters. The van der Waals surface area contributed by atoms with Gasteiger partial charge >= 0.3 is 0 Å². The zero-order valence-corrected chi connectivity index (χ0v) is 10.9. The van der Waals surface area contributed by atoms with Crippen molar-refractivity contribution in [2.45, 2.75) is 33.7 Å². The van der Waals surface area contributed by atoms with Crippen LogP contribution in [-0.2, 0) is 0 Å². The van der Waals surface area contributed by atoms with Gasteiger partial charge in [-0.05, 0) is 34.3 Å². The third kappa shape index (κ3) is 2.55. The molecule has 1 atom stereocenters. The fourth-order valence-corrected chi connectivity index (χ4v) is 2.87. The van der Waals surface area contributed by atoms with Gasteiger partial charge in [0.25, 0.3) is 0 Å². The third-order valence-corrected chi connectivity index (χ3v) is 4.34. The van der Waals surface area contributed by atoms with Crippen molar-refractivity contribution in [1.29, 1.82) is 0 Å². The van der Waals surface area contributed by atoms with Crippen LogP contribution in [-0.4, -0.2) is 0 Å². The zero-order valence-electron chi connectivity index (χ0n) is 8.52. The van der Waals surface area contributed by atoms with E-state index in [-0.39, 0.29) is 11.5 Å². The molecule has 0 fully saturated rings. The zero-order chi connectivity index (χ0) is 10.2. The first-order chi connectivity index (χ1) is 5.82. The van der Waals surface area contributed by atoms with Crippen LogP contribution in [0.4, 0.5) is 0 Å². The average Bonchev–Trinajstić information content (AvgIpc) is 2.29. The molecule has 0 aliphatic heterocycles. The van der Waals surface area contributed by atoms with E-state index >= 15 is 0 Å². The van der Waals surface area contributed by atoms with Crippen LogP contribution in [0, 0.1) is 12.3 Å². The van der Waals surface area contributed by atoms with E-state index in [1.54, 1.807) is 11.3 Å². The molecular formula is C10H16BrNS. The minimum absolute atomic E-state index is 0.127. The van der Waals surface area contributed by atoms with Gasteiger partial charge in [0, 0.05) is 20.3 Å². The largest absolute Gasteiger partial charge is 0.323 e. The second kappa shape index (κ2) is 3.71. The normalized spacial score (nSPS) is 14.6. The lowest BCUT2D eigenvalue weighted by Crippen LogP contribution is -2.25. The molecule has 1 heterocycles. The molecule has 1 rings (SSSR count). The molecule has 0 saturated heterocycles.